The van der Waals surface area contributed by atoms with Crippen molar-refractivity contribution in [3.05, 3.63) is 79.5 Å². The van der Waals surface area contributed by atoms with E-state index < -0.39 is 12.6 Å². The van der Waals surface area contributed by atoms with Crippen molar-refractivity contribution < 1.29 is 14.3 Å². The van der Waals surface area contributed by atoms with Gasteiger partial charge in [-0.05, 0) is 56.3 Å². The lowest BCUT2D eigenvalue weighted by Crippen LogP contribution is -2.16. The Labute approximate surface area is 186 Å². The molecule has 1 heterocycles. The van der Waals surface area contributed by atoms with Gasteiger partial charge in [-0.1, -0.05) is 39.1 Å². The molecule has 0 fully saturated rings. The first kappa shape index (κ1) is 21.4. The van der Waals surface area contributed by atoms with E-state index in [0.29, 0.717) is 5.56 Å². The molecule has 0 saturated heterocycles. The van der Waals surface area contributed by atoms with Crippen molar-refractivity contribution in [1.82, 2.24) is 4.57 Å². The third-order valence-corrected chi connectivity index (χ3v) is 5.52. The molecule has 0 bridgehead atoms. The monoisotopic (exact) mass is 494 g/mol. The standard InChI is InChI=1S/C21H17BrCl2N2O3/c1-11-7-16(12(2)26(11)15-5-3-13(22)4-6-15)19(27)10-29-21(28)17-8-14(23)9-18(24)20(17)25/h3-9H,10,25H2,1-2H3. The zero-order chi connectivity index (χ0) is 21.3. The third-order valence-electron chi connectivity index (χ3n) is 4.46. The van der Waals surface area contributed by atoms with E-state index in [9.17, 15) is 9.59 Å². The molecule has 0 amide bonds. The molecule has 0 radical (unpaired) electrons. The summed E-state index contributed by atoms with van der Waals surface area (Å²) in [6.45, 7) is 3.33. The van der Waals surface area contributed by atoms with E-state index in [4.69, 9.17) is 33.7 Å². The Morgan fingerprint density at radius 2 is 1.72 bits per heavy atom. The predicted molar refractivity (Wildman–Crippen MR) is 118 cm³/mol. The van der Waals surface area contributed by atoms with Crippen LogP contribution in [0.5, 0.6) is 0 Å². The van der Waals surface area contributed by atoms with Crippen LogP contribution in [0.2, 0.25) is 10.0 Å². The van der Waals surface area contributed by atoms with Crippen molar-refractivity contribution >= 4 is 56.6 Å². The number of anilines is 1. The predicted octanol–water partition coefficient (Wildman–Crippen LogP) is 5.79. The summed E-state index contributed by atoms with van der Waals surface area (Å²) in [7, 11) is 0. The number of hydrogen-bond donors (Lipinski definition) is 1. The fraction of sp³-hybridized carbons (Fsp3) is 0.143. The van der Waals surface area contributed by atoms with Crippen LogP contribution in [-0.2, 0) is 4.74 Å². The maximum absolute atomic E-state index is 12.7. The number of Topliss-reactive ketones (excluding diaryl/α,β-unsaturated/α-hetero) is 1. The fourth-order valence-electron chi connectivity index (χ4n) is 3.07. The molecule has 3 aromatic rings. The highest BCUT2D eigenvalue weighted by Gasteiger charge is 2.20. The van der Waals surface area contributed by atoms with E-state index in [1.54, 1.807) is 6.07 Å². The molecule has 8 heteroatoms. The number of halogens is 3. The second-order valence-corrected chi connectivity index (χ2v) is 8.20. The quantitative estimate of drug-likeness (QED) is 0.276. The first-order valence-electron chi connectivity index (χ1n) is 8.58. The minimum absolute atomic E-state index is 0.0237. The number of nitrogen functional groups attached to an aromatic ring is 1. The Kier molecular flexibility index (Phi) is 6.36. The largest absolute Gasteiger partial charge is 0.454 e. The topological polar surface area (TPSA) is 74.3 Å². The summed E-state index contributed by atoms with van der Waals surface area (Å²) >= 11 is 15.3. The highest BCUT2D eigenvalue weighted by atomic mass is 79.9. The Morgan fingerprint density at radius 3 is 2.38 bits per heavy atom. The molecule has 0 aliphatic carbocycles. The number of nitrogens with zero attached hydrogens (tertiary/aromatic N) is 1. The lowest BCUT2D eigenvalue weighted by Gasteiger charge is -2.10. The van der Waals surface area contributed by atoms with E-state index in [-0.39, 0.29) is 27.1 Å². The van der Waals surface area contributed by atoms with Crippen molar-refractivity contribution in [2.45, 2.75) is 13.8 Å². The third kappa shape index (κ3) is 4.50. The van der Waals surface area contributed by atoms with Crippen LogP contribution in [-0.4, -0.2) is 22.9 Å². The number of rotatable bonds is 5. The smallest absolute Gasteiger partial charge is 0.340 e. The van der Waals surface area contributed by atoms with Gasteiger partial charge in [0.2, 0.25) is 5.78 Å². The number of nitrogens with two attached hydrogens (primary N) is 1. The van der Waals surface area contributed by atoms with Crippen molar-refractivity contribution in [2.75, 3.05) is 12.3 Å². The number of ether oxygens (including phenoxy) is 1. The van der Waals surface area contributed by atoms with Gasteiger partial charge in [0.25, 0.3) is 0 Å². The van der Waals surface area contributed by atoms with Crippen LogP contribution < -0.4 is 5.73 Å². The summed E-state index contributed by atoms with van der Waals surface area (Å²) in [5.74, 6) is -1.08. The van der Waals surface area contributed by atoms with Crippen molar-refractivity contribution in [1.29, 1.82) is 0 Å². The van der Waals surface area contributed by atoms with E-state index in [1.807, 2.05) is 42.7 Å². The summed E-state index contributed by atoms with van der Waals surface area (Å²) < 4.78 is 8.09. The van der Waals surface area contributed by atoms with Gasteiger partial charge in [-0.25, -0.2) is 4.79 Å². The van der Waals surface area contributed by atoms with Gasteiger partial charge in [-0.2, -0.15) is 0 Å². The van der Waals surface area contributed by atoms with Gasteiger partial charge < -0.3 is 15.0 Å². The lowest BCUT2D eigenvalue weighted by atomic mass is 10.1. The van der Waals surface area contributed by atoms with Crippen LogP contribution in [0.1, 0.15) is 32.1 Å². The molecule has 29 heavy (non-hydrogen) atoms. The lowest BCUT2D eigenvalue weighted by molar-refractivity contribution is 0.0475. The van der Waals surface area contributed by atoms with Crippen molar-refractivity contribution in [2.24, 2.45) is 0 Å². The van der Waals surface area contributed by atoms with E-state index in [0.717, 1.165) is 21.5 Å². The Morgan fingerprint density at radius 1 is 1.07 bits per heavy atom. The number of esters is 1. The van der Waals surface area contributed by atoms with Gasteiger partial charge in [0.1, 0.15) is 0 Å². The SMILES string of the molecule is Cc1cc(C(=O)COC(=O)c2cc(Cl)cc(Cl)c2N)c(C)n1-c1ccc(Br)cc1. The average molecular weight is 496 g/mol. The van der Waals surface area contributed by atoms with E-state index in [2.05, 4.69) is 15.9 Å². The van der Waals surface area contributed by atoms with Gasteiger partial charge in [-0.15, -0.1) is 0 Å². The molecule has 2 aromatic carbocycles. The van der Waals surface area contributed by atoms with Crippen molar-refractivity contribution in [3.63, 3.8) is 0 Å². The van der Waals surface area contributed by atoms with Gasteiger partial charge in [0.05, 0.1) is 16.3 Å². The molecule has 0 saturated carbocycles. The van der Waals surface area contributed by atoms with Crippen molar-refractivity contribution in [3.8, 4) is 5.69 Å². The molecule has 3 rings (SSSR count). The molecule has 150 valence electrons. The molecule has 2 N–H and O–H groups in total. The number of aromatic nitrogens is 1. The van der Waals surface area contributed by atoms with Crippen LogP contribution >= 0.6 is 39.1 Å². The molecule has 1 aromatic heterocycles. The van der Waals surface area contributed by atoms with Gasteiger partial charge in [0, 0.05) is 32.1 Å². The van der Waals surface area contributed by atoms with Gasteiger partial charge in [-0.3, -0.25) is 4.79 Å². The van der Waals surface area contributed by atoms with Crippen LogP contribution in [0.3, 0.4) is 0 Å². The molecule has 0 spiro atoms. The average Bonchev–Trinajstić information content (AvgIpc) is 2.97. The Hall–Kier alpha value is -2.28. The highest BCUT2D eigenvalue weighted by Crippen LogP contribution is 2.28. The van der Waals surface area contributed by atoms with Crippen LogP contribution in [0.25, 0.3) is 5.69 Å². The summed E-state index contributed by atoms with van der Waals surface area (Å²) in [6, 6.07) is 12.3. The Bertz CT molecular complexity index is 1110. The highest BCUT2D eigenvalue weighted by molar-refractivity contribution is 9.10. The minimum atomic E-state index is -0.762. The first-order valence-corrected chi connectivity index (χ1v) is 10.1. The molecular weight excluding hydrogens is 479 g/mol. The molecular formula is C21H17BrCl2N2O3. The normalized spacial score (nSPS) is 10.8. The molecule has 0 aliphatic rings. The number of aryl methyl sites for hydroxylation is 1. The Balaban J connectivity index is 1.79. The van der Waals surface area contributed by atoms with E-state index in [1.165, 1.54) is 12.1 Å². The van der Waals surface area contributed by atoms with Crippen LogP contribution in [0.15, 0.2) is 46.9 Å². The number of carbonyl (C=O) groups excluding carboxylic acids is 2. The fourth-order valence-corrected chi connectivity index (χ4v) is 3.83. The summed E-state index contributed by atoms with van der Waals surface area (Å²) in [5.41, 5.74) is 8.96. The van der Waals surface area contributed by atoms with Crippen LogP contribution in [0.4, 0.5) is 5.69 Å². The maximum Gasteiger partial charge on any atom is 0.340 e. The second-order valence-electron chi connectivity index (χ2n) is 6.44. The molecule has 0 atom stereocenters. The summed E-state index contributed by atoms with van der Waals surface area (Å²) in [4.78, 5) is 25.0. The minimum Gasteiger partial charge on any atom is -0.454 e. The molecule has 5 nitrogen and oxygen atoms in total. The van der Waals surface area contributed by atoms with Crippen LogP contribution in [0, 0.1) is 13.8 Å². The number of carbonyl (C=O) groups is 2. The van der Waals surface area contributed by atoms with E-state index >= 15 is 0 Å². The first-order chi connectivity index (χ1) is 13.7. The molecule has 0 unspecified atom stereocenters. The summed E-state index contributed by atoms with van der Waals surface area (Å²) in [5, 5.41) is 0.398. The zero-order valence-electron chi connectivity index (χ0n) is 15.6. The number of benzene rings is 2. The second kappa shape index (κ2) is 8.61. The zero-order valence-corrected chi connectivity index (χ0v) is 18.7. The maximum atomic E-state index is 12.7. The van der Waals surface area contributed by atoms with Gasteiger partial charge in [0.15, 0.2) is 6.61 Å². The number of hydrogen-bond acceptors (Lipinski definition) is 4. The summed E-state index contributed by atoms with van der Waals surface area (Å²) in [6.07, 6.45) is 0. The molecule has 0 aliphatic heterocycles. The van der Waals surface area contributed by atoms with Gasteiger partial charge >= 0.3 is 5.97 Å². The number of ketones is 1.